The van der Waals surface area contributed by atoms with Crippen LogP contribution in [0.2, 0.25) is 0 Å². The summed E-state index contributed by atoms with van der Waals surface area (Å²) >= 11 is 1.50. The highest BCUT2D eigenvalue weighted by molar-refractivity contribution is 7.19. The van der Waals surface area contributed by atoms with Crippen molar-refractivity contribution in [3.05, 3.63) is 65.5 Å². The standard InChI is InChI=1S/C20H15N3O4S/c1-25-15-8-4-2-6-13(15)20-22-17(27-23-20)12-26-19(24)11-10-18-21-14-7-3-5-9-16(14)28-18/h2-11H,12H2,1H3/b11-10+. The van der Waals surface area contributed by atoms with Crippen LogP contribution in [-0.4, -0.2) is 28.2 Å². The number of fused-ring (bicyclic) bond motifs is 1. The molecule has 0 aliphatic heterocycles. The van der Waals surface area contributed by atoms with E-state index in [4.69, 9.17) is 14.0 Å². The summed E-state index contributed by atoms with van der Waals surface area (Å²) in [5.41, 5.74) is 1.59. The number of hydrogen-bond acceptors (Lipinski definition) is 8. The van der Waals surface area contributed by atoms with Gasteiger partial charge in [0.2, 0.25) is 5.82 Å². The number of carbonyl (C=O) groups excluding carboxylic acids is 1. The molecule has 0 fully saturated rings. The molecule has 2 heterocycles. The Labute approximate surface area is 164 Å². The molecule has 4 aromatic rings. The molecule has 0 bridgehead atoms. The van der Waals surface area contributed by atoms with Crippen molar-refractivity contribution in [2.75, 3.05) is 7.11 Å². The van der Waals surface area contributed by atoms with Crippen molar-refractivity contribution in [1.82, 2.24) is 15.1 Å². The van der Waals surface area contributed by atoms with Gasteiger partial charge in [0, 0.05) is 6.08 Å². The fourth-order valence-electron chi connectivity index (χ4n) is 2.53. The number of thiazole rings is 1. The van der Waals surface area contributed by atoms with E-state index in [0.29, 0.717) is 17.1 Å². The molecule has 0 N–H and O–H groups in total. The van der Waals surface area contributed by atoms with Gasteiger partial charge in [0.15, 0.2) is 6.61 Å². The summed E-state index contributed by atoms with van der Waals surface area (Å²) in [4.78, 5) is 20.6. The van der Waals surface area contributed by atoms with Gasteiger partial charge < -0.3 is 14.0 Å². The lowest BCUT2D eigenvalue weighted by Crippen LogP contribution is -2.01. The fourth-order valence-corrected chi connectivity index (χ4v) is 3.40. The van der Waals surface area contributed by atoms with Gasteiger partial charge >= 0.3 is 5.97 Å². The molecule has 0 spiro atoms. The quantitative estimate of drug-likeness (QED) is 0.360. The molecule has 2 aromatic carbocycles. The Morgan fingerprint density at radius 3 is 2.82 bits per heavy atom. The molecule has 0 aliphatic carbocycles. The summed E-state index contributed by atoms with van der Waals surface area (Å²) in [6, 6.07) is 15.1. The van der Waals surface area contributed by atoms with E-state index in [1.807, 2.05) is 42.5 Å². The molecule has 4 rings (SSSR count). The van der Waals surface area contributed by atoms with E-state index in [1.54, 1.807) is 19.3 Å². The average molecular weight is 393 g/mol. The van der Waals surface area contributed by atoms with E-state index in [9.17, 15) is 4.79 Å². The first kappa shape index (κ1) is 17.9. The normalized spacial score (nSPS) is 11.2. The van der Waals surface area contributed by atoms with E-state index in [2.05, 4.69) is 15.1 Å². The average Bonchev–Trinajstić information content (AvgIpc) is 3.37. The van der Waals surface area contributed by atoms with E-state index in [0.717, 1.165) is 15.2 Å². The second-order valence-electron chi connectivity index (χ2n) is 5.67. The van der Waals surface area contributed by atoms with E-state index in [-0.39, 0.29) is 12.5 Å². The van der Waals surface area contributed by atoms with Crippen LogP contribution in [0.4, 0.5) is 0 Å². The summed E-state index contributed by atoms with van der Waals surface area (Å²) in [5.74, 6) is 0.679. The summed E-state index contributed by atoms with van der Waals surface area (Å²) < 4.78 is 16.6. The summed E-state index contributed by atoms with van der Waals surface area (Å²) in [7, 11) is 1.57. The number of aromatic nitrogens is 3. The Morgan fingerprint density at radius 1 is 1.14 bits per heavy atom. The Bertz CT molecular complexity index is 1120. The van der Waals surface area contributed by atoms with Crippen molar-refractivity contribution < 1.29 is 18.8 Å². The zero-order valence-electron chi connectivity index (χ0n) is 14.9. The smallest absolute Gasteiger partial charge is 0.331 e. The molecule has 7 nitrogen and oxygen atoms in total. The number of benzene rings is 2. The number of hydrogen-bond donors (Lipinski definition) is 0. The van der Waals surface area contributed by atoms with Crippen LogP contribution in [0.3, 0.4) is 0 Å². The second kappa shape index (κ2) is 8.01. The van der Waals surface area contributed by atoms with Crippen LogP contribution in [-0.2, 0) is 16.1 Å². The molecule has 0 amide bonds. The lowest BCUT2D eigenvalue weighted by atomic mass is 10.2. The molecule has 2 aromatic heterocycles. The van der Waals surface area contributed by atoms with Gasteiger partial charge in [-0.1, -0.05) is 29.4 Å². The zero-order chi connectivity index (χ0) is 19.3. The minimum absolute atomic E-state index is 0.120. The topological polar surface area (TPSA) is 87.3 Å². The van der Waals surface area contributed by atoms with Crippen molar-refractivity contribution in [2.24, 2.45) is 0 Å². The molecule has 0 saturated heterocycles. The van der Waals surface area contributed by atoms with Gasteiger partial charge in [-0.05, 0) is 30.3 Å². The lowest BCUT2D eigenvalue weighted by Gasteiger charge is -2.03. The molecule has 140 valence electrons. The molecular formula is C20H15N3O4S. The van der Waals surface area contributed by atoms with E-state index < -0.39 is 5.97 Å². The van der Waals surface area contributed by atoms with Gasteiger partial charge in [0.25, 0.3) is 5.89 Å². The summed E-state index contributed by atoms with van der Waals surface area (Å²) in [6.45, 7) is -0.120. The van der Waals surface area contributed by atoms with Crippen molar-refractivity contribution in [3.8, 4) is 17.1 Å². The Balaban J connectivity index is 1.38. The highest BCUT2D eigenvalue weighted by atomic mass is 32.1. The molecule has 0 unspecified atom stereocenters. The molecule has 0 radical (unpaired) electrons. The molecule has 0 saturated carbocycles. The number of rotatable bonds is 6. The van der Waals surface area contributed by atoms with Crippen LogP contribution < -0.4 is 4.74 Å². The monoisotopic (exact) mass is 393 g/mol. The minimum Gasteiger partial charge on any atom is -0.496 e. The Hall–Kier alpha value is -3.52. The van der Waals surface area contributed by atoms with Crippen LogP contribution in [0.5, 0.6) is 5.75 Å². The first-order chi connectivity index (χ1) is 13.7. The van der Waals surface area contributed by atoms with E-state index in [1.165, 1.54) is 17.4 Å². The zero-order valence-corrected chi connectivity index (χ0v) is 15.7. The highest BCUT2D eigenvalue weighted by Crippen LogP contribution is 2.27. The SMILES string of the molecule is COc1ccccc1-c1noc(COC(=O)/C=C/c2nc3ccccc3s2)n1. The first-order valence-corrected chi connectivity index (χ1v) is 9.21. The third-order valence-corrected chi connectivity index (χ3v) is 4.83. The molecular weight excluding hydrogens is 378 g/mol. The molecule has 0 atom stereocenters. The maximum Gasteiger partial charge on any atom is 0.331 e. The van der Waals surface area contributed by atoms with Crippen molar-refractivity contribution in [1.29, 1.82) is 0 Å². The molecule has 8 heteroatoms. The summed E-state index contributed by atoms with van der Waals surface area (Å²) in [5, 5.41) is 4.64. The van der Waals surface area contributed by atoms with Gasteiger partial charge in [0.05, 0.1) is 22.9 Å². The number of ether oxygens (including phenoxy) is 2. The fraction of sp³-hybridized carbons (Fsp3) is 0.100. The number of methoxy groups -OCH3 is 1. The largest absolute Gasteiger partial charge is 0.496 e. The van der Waals surface area contributed by atoms with Crippen LogP contribution in [0.1, 0.15) is 10.9 Å². The molecule has 0 aliphatic rings. The minimum atomic E-state index is -0.517. The first-order valence-electron chi connectivity index (χ1n) is 8.39. The van der Waals surface area contributed by atoms with Crippen molar-refractivity contribution in [2.45, 2.75) is 6.61 Å². The van der Waals surface area contributed by atoms with Crippen molar-refractivity contribution >= 4 is 33.6 Å². The Kier molecular flexibility index (Phi) is 5.11. The number of esters is 1. The van der Waals surface area contributed by atoms with Crippen LogP contribution in [0.15, 0.2) is 59.1 Å². The number of para-hydroxylation sites is 2. The number of nitrogens with zero attached hydrogens (tertiary/aromatic N) is 3. The van der Waals surface area contributed by atoms with Crippen LogP contribution >= 0.6 is 11.3 Å². The van der Waals surface area contributed by atoms with Crippen LogP contribution in [0.25, 0.3) is 27.7 Å². The van der Waals surface area contributed by atoms with Gasteiger partial charge in [-0.2, -0.15) is 4.98 Å². The van der Waals surface area contributed by atoms with Gasteiger partial charge in [-0.15, -0.1) is 11.3 Å². The van der Waals surface area contributed by atoms with E-state index >= 15 is 0 Å². The number of carbonyl (C=O) groups is 1. The third kappa shape index (κ3) is 3.91. The Morgan fingerprint density at radius 2 is 1.96 bits per heavy atom. The lowest BCUT2D eigenvalue weighted by molar-refractivity contribution is -0.139. The summed E-state index contributed by atoms with van der Waals surface area (Å²) in [6.07, 6.45) is 2.95. The maximum absolute atomic E-state index is 11.9. The second-order valence-corrected chi connectivity index (χ2v) is 6.74. The van der Waals surface area contributed by atoms with Gasteiger partial charge in [0.1, 0.15) is 10.8 Å². The van der Waals surface area contributed by atoms with Crippen molar-refractivity contribution in [3.63, 3.8) is 0 Å². The third-order valence-electron chi connectivity index (χ3n) is 3.83. The predicted octanol–water partition coefficient (Wildman–Crippen LogP) is 4.11. The predicted molar refractivity (Wildman–Crippen MR) is 105 cm³/mol. The van der Waals surface area contributed by atoms with Crippen LogP contribution in [0, 0.1) is 0 Å². The van der Waals surface area contributed by atoms with Gasteiger partial charge in [-0.3, -0.25) is 0 Å². The molecule has 28 heavy (non-hydrogen) atoms. The van der Waals surface area contributed by atoms with Gasteiger partial charge in [-0.25, -0.2) is 9.78 Å². The maximum atomic E-state index is 11.9. The highest BCUT2D eigenvalue weighted by Gasteiger charge is 2.13.